The summed E-state index contributed by atoms with van der Waals surface area (Å²) >= 11 is 3.54. The van der Waals surface area contributed by atoms with Gasteiger partial charge in [0.2, 0.25) is 5.91 Å². The number of nitrogens with one attached hydrogen (secondary N) is 1. The van der Waals surface area contributed by atoms with E-state index in [-0.39, 0.29) is 5.91 Å². The first-order valence-corrected chi connectivity index (χ1v) is 6.98. The van der Waals surface area contributed by atoms with Gasteiger partial charge in [-0.1, -0.05) is 48.0 Å². The van der Waals surface area contributed by atoms with Gasteiger partial charge in [-0.25, -0.2) is 0 Å². The Morgan fingerprint density at radius 2 is 2.06 bits per heavy atom. The number of halogens is 1. The first kappa shape index (κ1) is 15.0. The summed E-state index contributed by atoms with van der Waals surface area (Å²) in [6.07, 6.45) is 0.349. The molecule has 0 spiro atoms. The minimum Gasteiger partial charge on any atom is -0.496 e. The van der Waals surface area contributed by atoms with E-state index in [1.54, 1.807) is 7.11 Å². The molecule has 1 aromatic carbocycles. The fourth-order valence-electron chi connectivity index (χ4n) is 1.53. The molecule has 0 aliphatic rings. The van der Waals surface area contributed by atoms with E-state index in [1.165, 1.54) is 0 Å². The number of carbonyl (C=O) groups is 1. The van der Waals surface area contributed by atoms with Gasteiger partial charge in [0.15, 0.2) is 0 Å². The third-order valence-corrected chi connectivity index (χ3v) is 4.14. The molecule has 4 heteroatoms. The van der Waals surface area contributed by atoms with Gasteiger partial charge in [0.1, 0.15) is 5.75 Å². The topological polar surface area (TPSA) is 38.3 Å². The van der Waals surface area contributed by atoms with Crippen molar-refractivity contribution in [2.45, 2.75) is 25.1 Å². The fourth-order valence-corrected chi connectivity index (χ4v) is 1.69. The number of methoxy groups -OCH3 is 1. The molecular formula is C14H20BrNO2. The van der Waals surface area contributed by atoms with E-state index in [2.05, 4.69) is 35.1 Å². The number of benzene rings is 1. The van der Waals surface area contributed by atoms with Crippen LogP contribution in [-0.4, -0.2) is 24.4 Å². The van der Waals surface area contributed by atoms with Crippen LogP contribution in [-0.2, 0) is 11.2 Å². The van der Waals surface area contributed by atoms with Crippen LogP contribution in [0.15, 0.2) is 24.3 Å². The lowest BCUT2D eigenvalue weighted by Gasteiger charge is -2.15. The molecule has 1 unspecified atom stereocenters. The monoisotopic (exact) mass is 313 g/mol. The zero-order valence-corrected chi connectivity index (χ0v) is 12.7. The van der Waals surface area contributed by atoms with E-state index in [0.29, 0.717) is 23.7 Å². The number of amides is 1. The SMILES string of the molecule is COc1ccccc1CC(=O)NCC(Br)C(C)C. The van der Waals surface area contributed by atoms with Crippen molar-refractivity contribution in [3.63, 3.8) is 0 Å². The number of para-hydroxylation sites is 1. The average Bonchev–Trinajstić information content (AvgIpc) is 2.36. The van der Waals surface area contributed by atoms with Crippen LogP contribution in [0.1, 0.15) is 19.4 Å². The number of alkyl halides is 1. The standard InChI is InChI=1S/C14H20BrNO2/c1-10(2)12(15)9-16-14(17)8-11-6-4-5-7-13(11)18-3/h4-7,10,12H,8-9H2,1-3H3,(H,16,17). The van der Waals surface area contributed by atoms with E-state index in [1.807, 2.05) is 24.3 Å². The molecule has 0 aliphatic carbocycles. The summed E-state index contributed by atoms with van der Waals surface area (Å²) in [5.74, 6) is 1.27. The second-order valence-electron chi connectivity index (χ2n) is 4.55. The molecule has 0 saturated heterocycles. The summed E-state index contributed by atoms with van der Waals surface area (Å²) in [4.78, 5) is 12.1. The van der Waals surface area contributed by atoms with E-state index in [0.717, 1.165) is 11.3 Å². The molecule has 1 N–H and O–H groups in total. The third-order valence-electron chi connectivity index (χ3n) is 2.76. The minimum absolute atomic E-state index is 0.0181. The Hall–Kier alpha value is -1.03. The molecule has 0 bridgehead atoms. The normalized spacial score (nSPS) is 12.3. The second-order valence-corrected chi connectivity index (χ2v) is 5.73. The summed E-state index contributed by atoms with van der Waals surface area (Å²) < 4.78 is 5.22. The molecule has 0 heterocycles. The van der Waals surface area contributed by atoms with Crippen molar-refractivity contribution in [3.05, 3.63) is 29.8 Å². The summed E-state index contributed by atoms with van der Waals surface area (Å²) in [5, 5.41) is 2.92. The summed E-state index contributed by atoms with van der Waals surface area (Å²) in [6.45, 7) is 4.88. The van der Waals surface area contributed by atoms with Crippen molar-refractivity contribution >= 4 is 21.8 Å². The highest BCUT2D eigenvalue weighted by atomic mass is 79.9. The number of hydrogen-bond acceptors (Lipinski definition) is 2. The van der Waals surface area contributed by atoms with Crippen LogP contribution in [0.25, 0.3) is 0 Å². The average molecular weight is 314 g/mol. The zero-order valence-electron chi connectivity index (χ0n) is 11.1. The maximum absolute atomic E-state index is 11.8. The molecule has 0 aromatic heterocycles. The van der Waals surface area contributed by atoms with E-state index < -0.39 is 0 Å². The number of carbonyl (C=O) groups excluding carboxylic acids is 1. The fraction of sp³-hybridized carbons (Fsp3) is 0.500. The summed E-state index contributed by atoms with van der Waals surface area (Å²) in [7, 11) is 1.62. The van der Waals surface area contributed by atoms with Gasteiger partial charge in [0, 0.05) is 16.9 Å². The summed E-state index contributed by atoms with van der Waals surface area (Å²) in [5.41, 5.74) is 0.910. The predicted molar refractivity (Wildman–Crippen MR) is 77.3 cm³/mol. The van der Waals surface area contributed by atoms with Crippen LogP contribution in [0.2, 0.25) is 0 Å². The van der Waals surface area contributed by atoms with Gasteiger partial charge in [0.05, 0.1) is 13.5 Å². The van der Waals surface area contributed by atoms with Gasteiger partial charge in [-0.2, -0.15) is 0 Å². The number of ether oxygens (including phenoxy) is 1. The Balaban J connectivity index is 2.49. The Bertz CT molecular complexity index is 393. The molecule has 1 amide bonds. The highest BCUT2D eigenvalue weighted by Crippen LogP contribution is 2.17. The zero-order chi connectivity index (χ0) is 13.5. The molecule has 0 fully saturated rings. The quantitative estimate of drug-likeness (QED) is 0.820. The largest absolute Gasteiger partial charge is 0.496 e. The second kappa shape index (κ2) is 7.41. The Kier molecular flexibility index (Phi) is 6.19. The van der Waals surface area contributed by atoms with Crippen LogP contribution < -0.4 is 10.1 Å². The summed E-state index contributed by atoms with van der Waals surface area (Å²) in [6, 6.07) is 7.58. The molecule has 3 nitrogen and oxygen atoms in total. The molecule has 0 saturated carbocycles. The highest BCUT2D eigenvalue weighted by molar-refractivity contribution is 9.09. The van der Waals surface area contributed by atoms with Crippen LogP contribution >= 0.6 is 15.9 Å². The molecule has 0 radical (unpaired) electrons. The Morgan fingerprint density at radius 1 is 1.39 bits per heavy atom. The minimum atomic E-state index is 0.0181. The van der Waals surface area contributed by atoms with Crippen LogP contribution in [0.3, 0.4) is 0 Å². The maximum atomic E-state index is 11.8. The van der Waals surface area contributed by atoms with E-state index in [4.69, 9.17) is 4.74 Å². The smallest absolute Gasteiger partial charge is 0.224 e. The first-order chi connectivity index (χ1) is 8.54. The van der Waals surface area contributed by atoms with Gasteiger partial charge < -0.3 is 10.1 Å². The van der Waals surface area contributed by atoms with E-state index >= 15 is 0 Å². The van der Waals surface area contributed by atoms with Crippen molar-refractivity contribution < 1.29 is 9.53 Å². The lowest BCUT2D eigenvalue weighted by Crippen LogP contribution is -2.32. The van der Waals surface area contributed by atoms with E-state index in [9.17, 15) is 4.79 Å². The Labute approximate surface area is 117 Å². The highest BCUT2D eigenvalue weighted by Gasteiger charge is 2.12. The van der Waals surface area contributed by atoms with Gasteiger partial charge in [-0.15, -0.1) is 0 Å². The lowest BCUT2D eigenvalue weighted by molar-refractivity contribution is -0.120. The van der Waals surface area contributed by atoms with Crippen molar-refractivity contribution in [1.29, 1.82) is 0 Å². The van der Waals surface area contributed by atoms with Crippen LogP contribution in [0, 0.1) is 5.92 Å². The van der Waals surface area contributed by atoms with Crippen molar-refractivity contribution in [2.75, 3.05) is 13.7 Å². The first-order valence-electron chi connectivity index (χ1n) is 6.07. The maximum Gasteiger partial charge on any atom is 0.224 e. The number of hydrogen-bond donors (Lipinski definition) is 1. The molecule has 100 valence electrons. The van der Waals surface area contributed by atoms with Gasteiger partial charge in [-0.05, 0) is 12.0 Å². The van der Waals surface area contributed by atoms with Gasteiger partial charge >= 0.3 is 0 Å². The molecule has 18 heavy (non-hydrogen) atoms. The molecule has 1 atom stereocenters. The molecule has 0 aliphatic heterocycles. The number of rotatable bonds is 6. The third kappa shape index (κ3) is 4.69. The van der Waals surface area contributed by atoms with Gasteiger partial charge in [-0.3, -0.25) is 4.79 Å². The molecule has 1 aromatic rings. The molecule has 1 rings (SSSR count). The van der Waals surface area contributed by atoms with Crippen molar-refractivity contribution in [1.82, 2.24) is 5.32 Å². The van der Waals surface area contributed by atoms with Crippen LogP contribution in [0.5, 0.6) is 5.75 Å². The predicted octanol–water partition coefficient (Wildman–Crippen LogP) is 2.77. The molecular weight excluding hydrogens is 294 g/mol. The van der Waals surface area contributed by atoms with Crippen LogP contribution in [0.4, 0.5) is 0 Å². The van der Waals surface area contributed by atoms with Crippen molar-refractivity contribution in [3.8, 4) is 5.75 Å². The van der Waals surface area contributed by atoms with Gasteiger partial charge in [0.25, 0.3) is 0 Å². The van der Waals surface area contributed by atoms with Crippen molar-refractivity contribution in [2.24, 2.45) is 5.92 Å². The lowest BCUT2D eigenvalue weighted by atomic mass is 10.1. The Morgan fingerprint density at radius 3 is 2.67 bits per heavy atom.